The maximum absolute atomic E-state index is 14.8. The summed E-state index contributed by atoms with van der Waals surface area (Å²) in [4.78, 5) is 78.8. The van der Waals surface area contributed by atoms with E-state index in [4.69, 9.17) is 4.52 Å². The van der Waals surface area contributed by atoms with Gasteiger partial charge in [0.1, 0.15) is 23.2 Å². The molecule has 11 nitrogen and oxygen atoms in total. The fraction of sp³-hybridized carbons (Fsp3) is 0.714. The van der Waals surface area contributed by atoms with Gasteiger partial charge >= 0.3 is 7.82 Å². The van der Waals surface area contributed by atoms with E-state index in [2.05, 4.69) is 11.8 Å². The van der Waals surface area contributed by atoms with Gasteiger partial charge in [0.2, 0.25) is 11.8 Å². The number of nitrogens with zero attached hydrogens (tertiary/aromatic N) is 3. The Hall–Kier alpha value is -2.59. The molecule has 2 aliphatic rings. The van der Waals surface area contributed by atoms with Crippen molar-refractivity contribution in [3.63, 3.8) is 0 Å². The fourth-order valence-electron chi connectivity index (χ4n) is 7.13. The first-order chi connectivity index (χ1) is 22.2. The lowest BCUT2D eigenvalue weighted by molar-refractivity contribution is -0.156. The summed E-state index contributed by atoms with van der Waals surface area (Å²) in [5.41, 5.74) is -0.207. The summed E-state index contributed by atoms with van der Waals surface area (Å²) < 4.78 is 16.0. The van der Waals surface area contributed by atoms with Crippen LogP contribution in [0.3, 0.4) is 0 Å². The van der Waals surface area contributed by atoms with E-state index in [1.54, 1.807) is 19.1 Å². The Labute approximate surface area is 280 Å². The van der Waals surface area contributed by atoms with Crippen molar-refractivity contribution in [3.8, 4) is 5.75 Å². The number of likely N-dealkylation sites (tertiary alicyclic amines) is 1. The van der Waals surface area contributed by atoms with Gasteiger partial charge in [-0.05, 0) is 56.8 Å². The van der Waals surface area contributed by atoms with Crippen molar-refractivity contribution < 1.29 is 38.1 Å². The van der Waals surface area contributed by atoms with Crippen LogP contribution < -0.4 is 4.52 Å². The van der Waals surface area contributed by atoms with Crippen molar-refractivity contribution in [1.29, 1.82) is 0 Å². The normalized spacial score (nSPS) is 19.6. The highest BCUT2D eigenvalue weighted by Crippen LogP contribution is 2.45. The third-order valence-corrected chi connectivity index (χ3v) is 10.3. The number of carbonyl (C=O) groups is 4. The first kappa shape index (κ1) is 38.9. The van der Waals surface area contributed by atoms with Crippen molar-refractivity contribution in [1.82, 2.24) is 14.7 Å². The number of Topliss-reactive ketones (excluding diaryl/α,β-unsaturated/α-hetero) is 2. The molecule has 2 saturated heterocycles. The van der Waals surface area contributed by atoms with E-state index in [9.17, 15) is 33.5 Å². The van der Waals surface area contributed by atoms with Crippen LogP contribution in [0.1, 0.15) is 117 Å². The second kappa shape index (κ2) is 17.7. The Morgan fingerprint density at radius 1 is 0.957 bits per heavy atom. The Morgan fingerprint density at radius 3 is 2.11 bits per heavy atom. The summed E-state index contributed by atoms with van der Waals surface area (Å²) in [6.07, 6.45) is 8.99. The first-order valence-corrected chi connectivity index (χ1v) is 19.0. The van der Waals surface area contributed by atoms with Crippen molar-refractivity contribution in [2.75, 3.05) is 20.1 Å². The van der Waals surface area contributed by atoms with Gasteiger partial charge < -0.3 is 24.0 Å². The van der Waals surface area contributed by atoms with E-state index in [1.165, 1.54) is 12.1 Å². The molecule has 0 aromatic heterocycles. The minimum atomic E-state index is -4.73. The van der Waals surface area contributed by atoms with Crippen LogP contribution in [0.2, 0.25) is 0 Å². The molecule has 0 saturated carbocycles. The zero-order valence-corrected chi connectivity index (χ0v) is 29.9. The molecule has 2 N–H and O–H groups in total. The smallest absolute Gasteiger partial charge is 0.404 e. The molecule has 2 amide bonds. The average Bonchev–Trinajstić information content (AvgIpc) is 3.23. The van der Waals surface area contributed by atoms with Crippen molar-refractivity contribution in [2.45, 2.75) is 135 Å². The monoisotopic (exact) mass is 677 g/mol. The van der Waals surface area contributed by atoms with Crippen LogP contribution in [0.25, 0.3) is 0 Å². The molecule has 0 aliphatic carbocycles. The van der Waals surface area contributed by atoms with E-state index in [-0.39, 0.29) is 41.5 Å². The van der Waals surface area contributed by atoms with Crippen LogP contribution in [0, 0.1) is 5.92 Å². The molecule has 1 aromatic carbocycles. The molecule has 12 heteroatoms. The van der Waals surface area contributed by atoms with Crippen LogP contribution in [0.15, 0.2) is 24.3 Å². The summed E-state index contributed by atoms with van der Waals surface area (Å²) in [5, 5.41) is 0. The molecule has 0 radical (unpaired) electrons. The SMILES string of the molecule is CCCCCC(=O)N1C(Cc2ccc(OP(=O)(O)O)cc2)C(=O)N(C(C(=O)CCCCCCC(C)=O)C(C)CC)C12CCN(C)CC2. The Bertz CT molecular complexity index is 1260. The maximum Gasteiger partial charge on any atom is 0.524 e. The molecule has 1 aromatic rings. The molecular formula is C35H56N3O8P. The second-order valence-electron chi connectivity index (χ2n) is 13.6. The molecule has 2 heterocycles. The fourth-order valence-corrected chi connectivity index (χ4v) is 7.52. The molecule has 2 fully saturated rings. The van der Waals surface area contributed by atoms with Gasteiger partial charge in [0.25, 0.3) is 0 Å². The molecule has 2 aliphatic heterocycles. The summed E-state index contributed by atoms with van der Waals surface area (Å²) in [7, 11) is -2.70. The highest BCUT2D eigenvalue weighted by molar-refractivity contribution is 7.46. The molecule has 1 spiro atoms. The lowest BCUT2D eigenvalue weighted by Crippen LogP contribution is -2.65. The van der Waals surface area contributed by atoms with E-state index in [0.29, 0.717) is 64.5 Å². The topological polar surface area (TPSA) is 145 Å². The number of hydrogen-bond donors (Lipinski definition) is 2. The van der Waals surface area contributed by atoms with Crippen molar-refractivity contribution >= 4 is 31.2 Å². The number of carbonyl (C=O) groups excluding carboxylic acids is 4. The van der Waals surface area contributed by atoms with Crippen LogP contribution in [-0.4, -0.2) is 85.8 Å². The first-order valence-electron chi connectivity index (χ1n) is 17.4. The second-order valence-corrected chi connectivity index (χ2v) is 14.7. The van der Waals surface area contributed by atoms with Crippen molar-refractivity contribution in [2.24, 2.45) is 5.92 Å². The van der Waals surface area contributed by atoms with Gasteiger partial charge in [0.05, 0.1) is 6.04 Å². The number of ketones is 2. The van der Waals surface area contributed by atoms with Gasteiger partial charge in [-0.2, -0.15) is 0 Å². The van der Waals surface area contributed by atoms with Gasteiger partial charge in [0.15, 0.2) is 5.78 Å². The number of phosphoric ester groups is 1. The largest absolute Gasteiger partial charge is 0.524 e. The zero-order chi connectivity index (χ0) is 34.8. The number of rotatable bonds is 19. The van der Waals surface area contributed by atoms with Crippen LogP contribution >= 0.6 is 7.82 Å². The van der Waals surface area contributed by atoms with Gasteiger partial charge in [-0.3, -0.25) is 24.2 Å². The van der Waals surface area contributed by atoms with E-state index in [1.807, 2.05) is 30.7 Å². The number of benzene rings is 1. The Kier molecular flexibility index (Phi) is 14.6. The Morgan fingerprint density at radius 2 is 1.55 bits per heavy atom. The third-order valence-electron chi connectivity index (χ3n) is 9.85. The highest BCUT2D eigenvalue weighted by Gasteiger charge is 2.61. The average molecular weight is 678 g/mol. The zero-order valence-electron chi connectivity index (χ0n) is 29.0. The van der Waals surface area contributed by atoms with E-state index in [0.717, 1.165) is 37.7 Å². The maximum atomic E-state index is 14.8. The van der Waals surface area contributed by atoms with Gasteiger partial charge in [-0.1, -0.05) is 65.0 Å². The van der Waals surface area contributed by atoms with Gasteiger partial charge in [0, 0.05) is 51.6 Å². The number of hydrogen-bond acceptors (Lipinski definition) is 7. The predicted molar refractivity (Wildman–Crippen MR) is 181 cm³/mol. The number of unbranched alkanes of at least 4 members (excludes halogenated alkanes) is 5. The molecule has 3 unspecified atom stereocenters. The van der Waals surface area contributed by atoms with Gasteiger partial charge in [-0.15, -0.1) is 0 Å². The number of phosphoric acid groups is 1. The van der Waals surface area contributed by atoms with E-state index >= 15 is 0 Å². The molecule has 47 heavy (non-hydrogen) atoms. The summed E-state index contributed by atoms with van der Waals surface area (Å²) in [5.74, 6) is -0.205. The summed E-state index contributed by atoms with van der Waals surface area (Å²) in [6.45, 7) is 9.08. The van der Waals surface area contributed by atoms with E-state index < -0.39 is 25.6 Å². The third kappa shape index (κ3) is 10.4. The molecule has 3 rings (SSSR count). The standard InChI is InChI=1S/C35H56N3O8P/c1-6-8-11-16-32(41)37-30(25-28-17-19-29(20-18-28)46-47(43,44)45)34(42)38(35(37)21-23-36(5)24-22-35)33(26(3)7-2)31(40)15-13-10-9-12-14-27(4)39/h17-20,26,30,33H,6-16,21-25H2,1-5H3,(H2,43,44,45). The Balaban J connectivity index is 2.01. The van der Waals surface area contributed by atoms with Crippen LogP contribution in [0.4, 0.5) is 0 Å². The highest BCUT2D eigenvalue weighted by atomic mass is 31.2. The molecule has 3 atom stereocenters. The molecular weight excluding hydrogens is 621 g/mol. The summed E-state index contributed by atoms with van der Waals surface area (Å²) >= 11 is 0. The van der Waals surface area contributed by atoms with Crippen LogP contribution in [-0.2, 0) is 30.2 Å². The molecule has 0 bridgehead atoms. The lowest BCUT2D eigenvalue weighted by atomic mass is 9.86. The van der Waals surface area contributed by atoms with Crippen molar-refractivity contribution in [3.05, 3.63) is 29.8 Å². The predicted octanol–water partition coefficient (Wildman–Crippen LogP) is 5.66. The lowest BCUT2D eigenvalue weighted by Gasteiger charge is -2.51. The number of amides is 2. The minimum Gasteiger partial charge on any atom is -0.404 e. The number of piperidine rings is 1. The summed E-state index contributed by atoms with van der Waals surface area (Å²) in [6, 6.07) is 4.74. The van der Waals surface area contributed by atoms with Crippen LogP contribution in [0.5, 0.6) is 5.75 Å². The van der Waals surface area contributed by atoms with Gasteiger partial charge in [-0.25, -0.2) is 4.57 Å². The minimum absolute atomic E-state index is 0.00414. The molecule has 264 valence electrons. The quantitative estimate of drug-likeness (QED) is 0.140.